The van der Waals surface area contributed by atoms with Crippen molar-refractivity contribution in [1.29, 1.82) is 0 Å². The number of carbonyl (C=O) groups is 2. The summed E-state index contributed by atoms with van der Waals surface area (Å²) in [7, 11) is 0. The molecule has 7 atom stereocenters. The lowest BCUT2D eigenvalue weighted by atomic mass is 9.45. The molecule has 0 radical (unpaired) electrons. The number of allylic oxidation sites excluding steroid dienone is 2. The summed E-state index contributed by atoms with van der Waals surface area (Å²) < 4.78 is 6.12. The highest BCUT2D eigenvalue weighted by molar-refractivity contribution is 5.91. The number of fused-ring (bicyclic) bond motifs is 5. The van der Waals surface area contributed by atoms with Crippen LogP contribution in [0, 0.1) is 34.5 Å². The van der Waals surface area contributed by atoms with Crippen LogP contribution in [0.1, 0.15) is 105 Å². The van der Waals surface area contributed by atoms with Crippen LogP contribution in [0.3, 0.4) is 0 Å². The molecule has 0 aromatic heterocycles. The molecule has 0 amide bonds. The zero-order chi connectivity index (χ0) is 21.5. The van der Waals surface area contributed by atoms with E-state index in [1.54, 1.807) is 0 Å². The normalized spacial score (nSPS) is 42.7. The van der Waals surface area contributed by atoms with Crippen molar-refractivity contribution < 1.29 is 14.3 Å². The van der Waals surface area contributed by atoms with E-state index < -0.39 is 0 Å². The van der Waals surface area contributed by atoms with E-state index in [9.17, 15) is 9.59 Å². The molecule has 0 spiro atoms. The third-order valence-corrected chi connectivity index (χ3v) is 10.00. The molecular weight excluding hydrogens is 372 g/mol. The monoisotopic (exact) mass is 414 g/mol. The third-order valence-electron chi connectivity index (χ3n) is 10.00. The molecule has 0 aromatic carbocycles. The molecule has 3 heteroatoms. The summed E-state index contributed by atoms with van der Waals surface area (Å²) >= 11 is 0. The first-order valence-electron chi connectivity index (χ1n) is 12.7. The summed E-state index contributed by atoms with van der Waals surface area (Å²) in [6.07, 6.45) is 15.0. The Morgan fingerprint density at radius 3 is 2.63 bits per heavy atom. The van der Waals surface area contributed by atoms with Gasteiger partial charge in [0.25, 0.3) is 0 Å². The lowest BCUT2D eigenvalue weighted by Crippen LogP contribution is -2.54. The summed E-state index contributed by atoms with van der Waals surface area (Å²) in [5, 5.41) is 0. The molecule has 3 saturated carbocycles. The van der Waals surface area contributed by atoms with Crippen molar-refractivity contribution in [2.75, 3.05) is 0 Å². The molecule has 168 valence electrons. The fourth-order valence-electron chi connectivity index (χ4n) is 8.12. The summed E-state index contributed by atoms with van der Waals surface area (Å²) in [6.45, 7) is 9.28. The Morgan fingerprint density at radius 1 is 1.07 bits per heavy atom. The first-order chi connectivity index (χ1) is 14.3. The third kappa shape index (κ3) is 3.58. The summed E-state index contributed by atoms with van der Waals surface area (Å²) in [4.78, 5) is 24.7. The van der Waals surface area contributed by atoms with Gasteiger partial charge >= 0.3 is 5.97 Å². The van der Waals surface area contributed by atoms with Gasteiger partial charge in [0.05, 0.1) is 0 Å². The molecule has 3 fully saturated rings. The largest absolute Gasteiger partial charge is 0.462 e. The molecule has 0 N–H and O–H groups in total. The van der Waals surface area contributed by atoms with E-state index in [-0.39, 0.29) is 22.9 Å². The van der Waals surface area contributed by atoms with Crippen molar-refractivity contribution in [2.24, 2.45) is 34.5 Å². The number of carbonyl (C=O) groups excluding carboxylic acids is 2. The smallest absolute Gasteiger partial charge is 0.306 e. The highest BCUT2D eigenvalue weighted by Crippen LogP contribution is 2.66. The summed E-state index contributed by atoms with van der Waals surface area (Å²) in [5.74, 6) is 2.95. The molecule has 0 saturated heterocycles. The highest BCUT2D eigenvalue weighted by atomic mass is 16.5. The van der Waals surface area contributed by atoms with Crippen molar-refractivity contribution in [1.82, 2.24) is 0 Å². The average molecular weight is 415 g/mol. The second-order valence-corrected chi connectivity index (χ2v) is 11.3. The van der Waals surface area contributed by atoms with Crippen LogP contribution >= 0.6 is 0 Å². The van der Waals surface area contributed by atoms with Crippen molar-refractivity contribution >= 4 is 11.8 Å². The van der Waals surface area contributed by atoms with Crippen LogP contribution in [0.2, 0.25) is 0 Å². The Balaban J connectivity index is 1.46. The molecule has 3 nitrogen and oxygen atoms in total. The zero-order valence-corrected chi connectivity index (χ0v) is 19.7. The number of esters is 1. The van der Waals surface area contributed by atoms with Crippen molar-refractivity contribution in [2.45, 2.75) is 111 Å². The number of rotatable bonds is 6. The van der Waals surface area contributed by atoms with Gasteiger partial charge in [-0.15, -0.1) is 0 Å². The fraction of sp³-hybridized carbons (Fsp3) is 0.852. The lowest BCUT2D eigenvalue weighted by Gasteiger charge is -2.60. The predicted molar refractivity (Wildman–Crippen MR) is 120 cm³/mol. The van der Waals surface area contributed by atoms with Gasteiger partial charge in [0.15, 0.2) is 5.78 Å². The zero-order valence-electron chi connectivity index (χ0n) is 19.7. The number of ketones is 1. The van der Waals surface area contributed by atoms with Crippen molar-refractivity contribution in [3.8, 4) is 0 Å². The van der Waals surface area contributed by atoms with E-state index in [1.807, 2.05) is 6.08 Å². The van der Waals surface area contributed by atoms with Gasteiger partial charge < -0.3 is 4.74 Å². The molecule has 4 aliphatic carbocycles. The van der Waals surface area contributed by atoms with Gasteiger partial charge in [0.2, 0.25) is 0 Å². The molecule has 0 aromatic rings. The number of hydrogen-bond donors (Lipinski definition) is 0. The van der Waals surface area contributed by atoms with Crippen molar-refractivity contribution in [3.05, 3.63) is 11.6 Å². The molecule has 4 aliphatic rings. The number of unbranched alkanes of at least 4 members (excludes halogenated alkanes) is 3. The molecule has 30 heavy (non-hydrogen) atoms. The molecule has 0 bridgehead atoms. The number of hydrogen-bond acceptors (Lipinski definition) is 3. The van der Waals surface area contributed by atoms with E-state index in [4.69, 9.17) is 4.74 Å². The van der Waals surface area contributed by atoms with E-state index in [2.05, 4.69) is 27.7 Å². The van der Waals surface area contributed by atoms with Gasteiger partial charge in [0.1, 0.15) is 6.10 Å². The van der Waals surface area contributed by atoms with Crippen LogP contribution in [-0.4, -0.2) is 17.9 Å². The Bertz CT molecular complexity index is 709. The van der Waals surface area contributed by atoms with Gasteiger partial charge in [-0.2, -0.15) is 0 Å². The maximum Gasteiger partial charge on any atom is 0.306 e. The summed E-state index contributed by atoms with van der Waals surface area (Å²) in [5.41, 5.74) is 1.66. The number of ether oxygens (including phenoxy) is 1. The Kier molecular flexibility index (Phi) is 6.21. The van der Waals surface area contributed by atoms with Crippen LogP contribution in [0.4, 0.5) is 0 Å². The van der Waals surface area contributed by atoms with E-state index in [1.165, 1.54) is 44.1 Å². The second-order valence-electron chi connectivity index (χ2n) is 11.3. The molecule has 5 unspecified atom stereocenters. The molecule has 0 heterocycles. The lowest BCUT2D eigenvalue weighted by molar-refractivity contribution is -0.161. The topological polar surface area (TPSA) is 43.4 Å². The predicted octanol–water partition coefficient (Wildman–Crippen LogP) is 6.65. The minimum Gasteiger partial charge on any atom is -0.462 e. The molecule has 0 aliphatic heterocycles. The first kappa shape index (κ1) is 22.1. The van der Waals surface area contributed by atoms with Crippen LogP contribution in [-0.2, 0) is 14.3 Å². The summed E-state index contributed by atoms with van der Waals surface area (Å²) in [6, 6.07) is 0. The minimum absolute atomic E-state index is 0.0281. The first-order valence-corrected chi connectivity index (χ1v) is 12.7. The maximum absolute atomic E-state index is 12.5. The van der Waals surface area contributed by atoms with Crippen LogP contribution in [0.15, 0.2) is 11.6 Å². The quantitative estimate of drug-likeness (QED) is 0.361. The standard InChI is InChI=1S/C27H42O3/c1-5-6-7-8-9-25(29)30-24-13-12-22-21-11-10-19-17-20(28)16-18(2)27(19,4)23(21)14-15-26(22,24)3/h16,19,21-24H,5-15,17H2,1-4H3/t19?,21?,22?,23?,24?,26-,27-/m0/s1. The Hall–Kier alpha value is -1.12. The van der Waals surface area contributed by atoms with Gasteiger partial charge in [-0.1, -0.05) is 45.6 Å². The van der Waals surface area contributed by atoms with Crippen molar-refractivity contribution in [3.63, 3.8) is 0 Å². The van der Waals surface area contributed by atoms with Gasteiger partial charge in [-0.25, -0.2) is 0 Å². The molecular formula is C27H42O3. The highest BCUT2D eigenvalue weighted by Gasteiger charge is 2.61. The Morgan fingerprint density at radius 2 is 1.87 bits per heavy atom. The SMILES string of the molecule is CCCCCCC(=O)OC1CCC2C3CCC4CC(=O)C=C(C)[C@]4(C)C3CC[C@]12C. The Labute approximate surface area is 183 Å². The van der Waals surface area contributed by atoms with Gasteiger partial charge in [0, 0.05) is 18.3 Å². The van der Waals surface area contributed by atoms with E-state index >= 15 is 0 Å². The minimum atomic E-state index is 0.0281. The average Bonchev–Trinajstić information content (AvgIpc) is 3.03. The van der Waals surface area contributed by atoms with Crippen LogP contribution in [0.25, 0.3) is 0 Å². The van der Waals surface area contributed by atoms with Crippen LogP contribution < -0.4 is 0 Å². The van der Waals surface area contributed by atoms with Crippen LogP contribution in [0.5, 0.6) is 0 Å². The molecule has 4 rings (SSSR count). The maximum atomic E-state index is 12.5. The fourth-order valence-corrected chi connectivity index (χ4v) is 8.12. The van der Waals surface area contributed by atoms with E-state index in [0.717, 1.165) is 38.0 Å². The van der Waals surface area contributed by atoms with Gasteiger partial charge in [-0.3, -0.25) is 9.59 Å². The van der Waals surface area contributed by atoms with E-state index in [0.29, 0.717) is 30.0 Å². The second kappa shape index (κ2) is 8.43. The van der Waals surface area contributed by atoms with Gasteiger partial charge in [-0.05, 0) is 87.0 Å².